The topological polar surface area (TPSA) is 109 Å². The number of aromatic amines is 2. The van der Waals surface area contributed by atoms with Crippen LogP contribution in [-0.2, 0) is 6.42 Å². The summed E-state index contributed by atoms with van der Waals surface area (Å²) in [6.45, 7) is 10.1. The predicted molar refractivity (Wildman–Crippen MR) is 177 cm³/mol. The molecule has 0 amide bonds. The molecule has 6 bridgehead atoms. The summed E-state index contributed by atoms with van der Waals surface area (Å²) in [6.07, 6.45) is 13.1. The number of aromatic nitrogens is 8. The molecule has 8 nitrogen and oxygen atoms in total. The van der Waals surface area contributed by atoms with Gasteiger partial charge in [0.25, 0.3) is 0 Å². The van der Waals surface area contributed by atoms with E-state index in [1.165, 1.54) is 0 Å². The van der Waals surface area contributed by atoms with Crippen LogP contribution in [0.4, 0.5) is 0 Å². The standard InChI is InChI=1S/C34H29N8P/c1-4-13-27-35-30(22(3)20-43)40-34-26-18-12-10-16-24(26)32(42-34)38-28-19-8-6-5-7-14-21(2)29(36-28)39-33-25-17-11-9-15-23(25)31(37-27)41-33/h4,6-12,14-20,36,43H,1,3,5,13H2,2H3,(H,35,37,38,39,40,41,42)/b8-6-,14-7-,28-19-,29-21-. The normalized spacial score (nSPS) is 16.1. The van der Waals surface area contributed by atoms with Gasteiger partial charge in [0.05, 0.1) is 0 Å². The number of benzene rings is 2. The van der Waals surface area contributed by atoms with Crippen molar-refractivity contribution in [1.82, 2.24) is 39.9 Å². The maximum atomic E-state index is 5.03. The van der Waals surface area contributed by atoms with E-state index in [2.05, 4.69) is 44.1 Å². The van der Waals surface area contributed by atoms with Gasteiger partial charge in [0.15, 0.2) is 23.3 Å². The lowest BCUT2D eigenvalue weighted by Crippen LogP contribution is -2.24. The van der Waals surface area contributed by atoms with Crippen molar-refractivity contribution in [2.75, 3.05) is 0 Å². The number of nitrogens with zero attached hydrogens (tertiary/aromatic N) is 6. The van der Waals surface area contributed by atoms with Crippen LogP contribution >= 0.6 is 8.86 Å². The summed E-state index contributed by atoms with van der Waals surface area (Å²) in [6, 6.07) is 15.8. The molecular weight excluding hydrogens is 551 g/mol. The van der Waals surface area contributed by atoms with E-state index in [9.17, 15) is 0 Å². The molecule has 0 atom stereocenters. The number of rotatable bonds is 4. The minimum absolute atomic E-state index is 0.440. The highest BCUT2D eigenvalue weighted by Gasteiger charge is 2.20. The Morgan fingerprint density at radius 3 is 2.05 bits per heavy atom. The lowest BCUT2D eigenvalue weighted by atomic mass is 10.1. The second-order valence-corrected chi connectivity index (χ2v) is 10.2. The summed E-state index contributed by atoms with van der Waals surface area (Å²) in [5, 5.41) is 0. The zero-order valence-corrected chi connectivity index (χ0v) is 24.7. The van der Waals surface area contributed by atoms with E-state index in [4.69, 9.17) is 29.9 Å². The molecule has 3 aromatic rings. The van der Waals surface area contributed by atoms with Crippen LogP contribution in [0.25, 0.3) is 62.8 Å². The monoisotopic (exact) mass is 580 g/mol. The molecule has 0 aliphatic carbocycles. The maximum Gasteiger partial charge on any atom is 0.164 e. The SMILES string of the molecule is C=CCc1nc2nc(n\c3[nH]/c(nc4nc(nc(C(=C)C=P)[nH]1)-c1ccccc1-4)=C/C=C\C/C=C\C=3C)-c1ccccc1-2. The minimum atomic E-state index is 0.440. The summed E-state index contributed by atoms with van der Waals surface area (Å²) < 4.78 is 0. The largest absolute Gasteiger partial charge is 0.328 e. The number of H-pyrrole nitrogens is 2. The first-order chi connectivity index (χ1) is 21.0. The van der Waals surface area contributed by atoms with Crippen molar-refractivity contribution in [3.8, 4) is 45.6 Å². The molecule has 210 valence electrons. The molecule has 2 N–H and O–H groups in total. The van der Waals surface area contributed by atoms with Crippen LogP contribution in [0.3, 0.4) is 0 Å². The van der Waals surface area contributed by atoms with Gasteiger partial charge in [-0.3, -0.25) is 0 Å². The third-order valence-electron chi connectivity index (χ3n) is 6.87. The van der Waals surface area contributed by atoms with Crippen LogP contribution in [0.2, 0.25) is 0 Å². The van der Waals surface area contributed by atoms with Gasteiger partial charge in [-0.1, -0.05) is 85.5 Å². The van der Waals surface area contributed by atoms with Crippen molar-refractivity contribution in [2.24, 2.45) is 0 Å². The van der Waals surface area contributed by atoms with Gasteiger partial charge in [-0.2, -0.15) is 0 Å². The smallest absolute Gasteiger partial charge is 0.164 e. The van der Waals surface area contributed by atoms with Crippen molar-refractivity contribution in [3.63, 3.8) is 0 Å². The average Bonchev–Trinajstić information content (AvgIpc) is 3.54. The fourth-order valence-electron chi connectivity index (χ4n) is 4.71. The first-order valence-electron chi connectivity index (χ1n) is 13.8. The van der Waals surface area contributed by atoms with Gasteiger partial charge in [0, 0.05) is 34.2 Å². The van der Waals surface area contributed by atoms with Gasteiger partial charge in [0.1, 0.15) is 22.6 Å². The van der Waals surface area contributed by atoms with Gasteiger partial charge in [-0.15, -0.1) is 15.4 Å². The number of allylic oxidation sites excluding steroid dienone is 6. The van der Waals surface area contributed by atoms with Gasteiger partial charge >= 0.3 is 0 Å². The Morgan fingerprint density at radius 1 is 0.814 bits per heavy atom. The third-order valence-corrected chi connectivity index (χ3v) is 7.22. The zero-order chi connectivity index (χ0) is 29.8. The second kappa shape index (κ2) is 12.3. The van der Waals surface area contributed by atoms with E-state index in [1.54, 1.807) is 11.9 Å². The minimum Gasteiger partial charge on any atom is -0.328 e. The summed E-state index contributed by atoms with van der Waals surface area (Å²) in [4.78, 5) is 36.5. The molecule has 43 heavy (non-hydrogen) atoms. The predicted octanol–water partition coefficient (Wildman–Crippen LogP) is 5.53. The molecule has 1 aromatic heterocycles. The fourth-order valence-corrected chi connectivity index (χ4v) is 4.85. The maximum absolute atomic E-state index is 5.03. The Labute approximate surface area is 251 Å². The van der Waals surface area contributed by atoms with Gasteiger partial charge in [-0.25, -0.2) is 29.9 Å². The summed E-state index contributed by atoms with van der Waals surface area (Å²) in [7, 11) is 3.47. The molecule has 0 unspecified atom stereocenters. The average molecular weight is 581 g/mol. The lowest BCUT2D eigenvalue weighted by molar-refractivity contribution is 0.963. The molecule has 0 spiro atoms. The van der Waals surface area contributed by atoms with E-state index in [0.29, 0.717) is 57.9 Å². The Balaban J connectivity index is 1.84. The molecule has 2 aromatic carbocycles. The van der Waals surface area contributed by atoms with Gasteiger partial charge in [0.2, 0.25) is 0 Å². The fraction of sp³-hybridized carbons (Fsp3) is 0.0882. The van der Waals surface area contributed by atoms with Crippen molar-refractivity contribution >= 4 is 31.9 Å². The molecule has 0 radical (unpaired) electrons. The molecule has 3 aliphatic rings. The summed E-state index contributed by atoms with van der Waals surface area (Å²) in [5.74, 6) is 4.89. The lowest BCUT2D eigenvalue weighted by Gasteiger charge is -2.02. The Bertz CT molecular complexity index is 2060. The van der Waals surface area contributed by atoms with Crippen molar-refractivity contribution in [2.45, 2.75) is 19.8 Å². The Morgan fingerprint density at radius 2 is 1.42 bits per heavy atom. The highest BCUT2D eigenvalue weighted by atomic mass is 31.0. The molecule has 0 fully saturated rings. The van der Waals surface area contributed by atoms with E-state index in [-0.39, 0.29) is 0 Å². The highest BCUT2D eigenvalue weighted by Crippen LogP contribution is 2.33. The van der Waals surface area contributed by atoms with Crippen LogP contribution in [0.15, 0.2) is 92.1 Å². The van der Waals surface area contributed by atoms with Crippen molar-refractivity contribution in [3.05, 3.63) is 115 Å². The van der Waals surface area contributed by atoms with E-state index in [1.807, 2.05) is 73.7 Å². The Kier molecular flexibility index (Phi) is 7.94. The van der Waals surface area contributed by atoms with Crippen molar-refractivity contribution < 1.29 is 0 Å². The van der Waals surface area contributed by atoms with E-state index >= 15 is 0 Å². The quantitative estimate of drug-likeness (QED) is 0.214. The summed E-state index contributed by atoms with van der Waals surface area (Å²) in [5.41, 5.74) is 6.23. The van der Waals surface area contributed by atoms with Crippen molar-refractivity contribution in [1.29, 1.82) is 0 Å². The number of fused-ring (bicyclic) bond motifs is 12. The molecule has 0 saturated heterocycles. The number of nitrogens with one attached hydrogen (secondary N) is 2. The Hall–Kier alpha value is -5.33. The number of hydrogen-bond acceptors (Lipinski definition) is 6. The highest BCUT2D eigenvalue weighted by molar-refractivity contribution is 7.20. The molecule has 3 aliphatic heterocycles. The van der Waals surface area contributed by atoms with Crippen LogP contribution in [0, 0.1) is 0 Å². The zero-order valence-electron chi connectivity index (χ0n) is 23.7. The van der Waals surface area contributed by atoms with Crippen LogP contribution in [0.1, 0.15) is 25.0 Å². The number of hydrogen-bond donors (Lipinski definition) is 2. The molecule has 9 heteroatoms. The first kappa shape index (κ1) is 27.8. The third kappa shape index (κ3) is 5.87. The second-order valence-electron chi connectivity index (χ2n) is 9.91. The first-order valence-corrected chi connectivity index (χ1v) is 14.4. The van der Waals surface area contributed by atoms with E-state index in [0.717, 1.165) is 34.2 Å². The van der Waals surface area contributed by atoms with Crippen LogP contribution < -0.4 is 11.0 Å². The van der Waals surface area contributed by atoms with Gasteiger partial charge < -0.3 is 9.97 Å². The van der Waals surface area contributed by atoms with Crippen LogP contribution in [0.5, 0.6) is 0 Å². The van der Waals surface area contributed by atoms with Crippen LogP contribution in [-0.4, -0.2) is 45.7 Å². The van der Waals surface area contributed by atoms with Gasteiger partial charge in [-0.05, 0) is 30.8 Å². The van der Waals surface area contributed by atoms with E-state index < -0.39 is 0 Å². The molecule has 0 saturated carbocycles. The molecular formula is C34H29N8P. The molecule has 6 rings (SSSR count). The molecule has 4 heterocycles. The summed E-state index contributed by atoms with van der Waals surface area (Å²) >= 11 is 0.